The number of halogens is 1. The molecule has 1 fully saturated rings. The smallest absolute Gasteiger partial charge is 0.231 e. The molecule has 1 heterocycles. The van der Waals surface area contributed by atoms with Crippen molar-refractivity contribution >= 4 is 0 Å². The van der Waals surface area contributed by atoms with Crippen molar-refractivity contribution in [3.05, 3.63) is 17.4 Å². The van der Waals surface area contributed by atoms with E-state index in [0.29, 0.717) is 12.2 Å². The van der Waals surface area contributed by atoms with Gasteiger partial charge in [-0.05, 0) is 25.3 Å². The maximum Gasteiger partial charge on any atom is 0.231 e. The van der Waals surface area contributed by atoms with E-state index in [1.54, 1.807) is 6.07 Å². The molecular weight excluding hydrogens is 225 g/mol. The number of methoxy groups -OCH3 is 1. The number of rotatable bonds is 3. The van der Waals surface area contributed by atoms with E-state index < -0.39 is 5.82 Å². The van der Waals surface area contributed by atoms with Crippen molar-refractivity contribution in [1.29, 1.82) is 0 Å². The molecule has 2 N–H and O–H groups in total. The Morgan fingerprint density at radius 2 is 2.24 bits per heavy atom. The Kier molecular flexibility index (Phi) is 2.19. The fourth-order valence-corrected chi connectivity index (χ4v) is 2.10. The highest BCUT2D eigenvalue weighted by atomic mass is 19.1. The lowest BCUT2D eigenvalue weighted by molar-refractivity contribution is 0.170. The number of hydrogen-bond donors (Lipinski definition) is 1. The Labute approximate surface area is 98.5 Å². The summed E-state index contributed by atoms with van der Waals surface area (Å²) in [7, 11) is 1.44. The fourth-order valence-electron chi connectivity index (χ4n) is 2.10. The Hall–Kier alpha value is -1.49. The number of nitrogens with two attached hydrogens (primary N) is 1. The molecule has 1 aromatic carbocycles. The Bertz CT molecular complexity index is 471. The van der Waals surface area contributed by atoms with E-state index in [2.05, 4.69) is 0 Å². The zero-order chi connectivity index (χ0) is 12.0. The van der Waals surface area contributed by atoms with Crippen LogP contribution in [0.3, 0.4) is 0 Å². The number of ether oxygens (including phenoxy) is 3. The summed E-state index contributed by atoms with van der Waals surface area (Å²) >= 11 is 0. The first kappa shape index (κ1) is 10.7. The van der Waals surface area contributed by atoms with Crippen molar-refractivity contribution in [1.82, 2.24) is 0 Å². The molecule has 0 aromatic heterocycles. The van der Waals surface area contributed by atoms with Crippen LogP contribution in [0.25, 0.3) is 0 Å². The monoisotopic (exact) mass is 239 g/mol. The van der Waals surface area contributed by atoms with Crippen LogP contribution in [0.4, 0.5) is 4.39 Å². The Morgan fingerprint density at radius 3 is 2.88 bits per heavy atom. The summed E-state index contributed by atoms with van der Waals surface area (Å²) < 4.78 is 29.4. The van der Waals surface area contributed by atoms with E-state index in [1.807, 2.05) is 0 Å². The highest BCUT2D eigenvalue weighted by molar-refractivity contribution is 5.54. The van der Waals surface area contributed by atoms with Crippen LogP contribution in [0.1, 0.15) is 18.4 Å². The predicted octanol–water partition coefficient (Wildman–Crippen LogP) is 1.60. The predicted molar refractivity (Wildman–Crippen MR) is 58.9 cm³/mol. The number of fused-ring (bicyclic) bond motifs is 1. The first-order chi connectivity index (χ1) is 8.13. The van der Waals surface area contributed by atoms with Gasteiger partial charge in [0.25, 0.3) is 0 Å². The van der Waals surface area contributed by atoms with Crippen LogP contribution in [0.2, 0.25) is 0 Å². The summed E-state index contributed by atoms with van der Waals surface area (Å²) in [6, 6.07) is 1.76. The van der Waals surface area contributed by atoms with Crippen molar-refractivity contribution in [2.45, 2.75) is 24.8 Å². The lowest BCUT2D eigenvalue weighted by Crippen LogP contribution is -2.24. The molecule has 17 heavy (non-hydrogen) atoms. The lowest BCUT2D eigenvalue weighted by atomic mass is 10.0. The van der Waals surface area contributed by atoms with Gasteiger partial charge in [-0.15, -0.1) is 0 Å². The molecule has 4 nitrogen and oxygen atoms in total. The molecule has 0 saturated heterocycles. The topological polar surface area (TPSA) is 53.7 Å². The highest BCUT2D eigenvalue weighted by Gasteiger charge is 2.40. The highest BCUT2D eigenvalue weighted by Crippen LogP contribution is 2.45. The second kappa shape index (κ2) is 3.50. The minimum absolute atomic E-state index is 0.0482. The molecule has 1 aliphatic heterocycles. The summed E-state index contributed by atoms with van der Waals surface area (Å²) in [6.07, 6.45) is 2.53. The van der Waals surface area contributed by atoms with Crippen molar-refractivity contribution in [2.24, 2.45) is 5.73 Å². The zero-order valence-electron chi connectivity index (χ0n) is 9.59. The third-order valence-electron chi connectivity index (χ3n) is 3.28. The van der Waals surface area contributed by atoms with Crippen LogP contribution in [0.15, 0.2) is 6.07 Å². The summed E-state index contributed by atoms with van der Waals surface area (Å²) in [5.74, 6) is 0.280. The molecule has 1 saturated carbocycles. The maximum absolute atomic E-state index is 14.1. The van der Waals surface area contributed by atoms with Crippen LogP contribution in [-0.4, -0.2) is 19.4 Å². The second-order valence-electron chi connectivity index (χ2n) is 4.66. The molecule has 3 rings (SSSR count). The molecule has 1 aromatic rings. The van der Waals surface area contributed by atoms with E-state index >= 15 is 0 Å². The van der Waals surface area contributed by atoms with Crippen molar-refractivity contribution in [3.8, 4) is 17.2 Å². The summed E-state index contributed by atoms with van der Waals surface area (Å²) in [5.41, 5.74) is 6.59. The van der Waals surface area contributed by atoms with Crippen LogP contribution in [0.5, 0.6) is 17.2 Å². The SMILES string of the molecule is COc1c(CC2(N)CC2)cc2c(c1F)OCO2. The molecule has 2 aliphatic rings. The fraction of sp³-hybridized carbons (Fsp3) is 0.500. The summed E-state index contributed by atoms with van der Waals surface area (Å²) in [6.45, 7) is 0.0482. The van der Waals surface area contributed by atoms with Gasteiger partial charge in [0.1, 0.15) is 0 Å². The minimum atomic E-state index is -0.498. The first-order valence-electron chi connectivity index (χ1n) is 5.57. The van der Waals surface area contributed by atoms with Crippen LogP contribution >= 0.6 is 0 Å². The summed E-state index contributed by atoms with van der Waals surface area (Å²) in [4.78, 5) is 0. The van der Waals surface area contributed by atoms with Crippen molar-refractivity contribution < 1.29 is 18.6 Å². The molecule has 1 aliphatic carbocycles. The molecule has 0 atom stereocenters. The number of benzene rings is 1. The van der Waals surface area contributed by atoms with Crippen molar-refractivity contribution in [3.63, 3.8) is 0 Å². The third kappa shape index (κ3) is 1.70. The van der Waals surface area contributed by atoms with Gasteiger partial charge in [0, 0.05) is 11.1 Å². The third-order valence-corrected chi connectivity index (χ3v) is 3.28. The van der Waals surface area contributed by atoms with Gasteiger partial charge in [-0.1, -0.05) is 0 Å². The molecule has 0 unspecified atom stereocenters. The van der Waals surface area contributed by atoms with Crippen molar-refractivity contribution in [2.75, 3.05) is 13.9 Å². The van der Waals surface area contributed by atoms with Crippen LogP contribution in [-0.2, 0) is 6.42 Å². The van der Waals surface area contributed by atoms with Gasteiger partial charge in [0.15, 0.2) is 11.5 Å². The molecule has 92 valence electrons. The summed E-state index contributed by atoms with van der Waals surface area (Å²) in [5, 5.41) is 0. The average Bonchev–Trinajstić information content (AvgIpc) is 2.83. The quantitative estimate of drug-likeness (QED) is 0.870. The van der Waals surface area contributed by atoms with Gasteiger partial charge in [0.2, 0.25) is 18.4 Å². The maximum atomic E-state index is 14.1. The van der Waals surface area contributed by atoms with E-state index in [1.165, 1.54) is 7.11 Å². The molecule has 0 bridgehead atoms. The van der Waals surface area contributed by atoms with E-state index in [0.717, 1.165) is 18.4 Å². The Morgan fingerprint density at radius 1 is 1.47 bits per heavy atom. The average molecular weight is 239 g/mol. The van der Waals surface area contributed by atoms with Gasteiger partial charge >= 0.3 is 0 Å². The van der Waals surface area contributed by atoms with Gasteiger partial charge in [-0.25, -0.2) is 0 Å². The molecule has 0 amide bonds. The van der Waals surface area contributed by atoms with Crippen LogP contribution < -0.4 is 19.9 Å². The molecule has 5 heteroatoms. The second-order valence-corrected chi connectivity index (χ2v) is 4.66. The van der Waals surface area contributed by atoms with Crippen LogP contribution in [0, 0.1) is 5.82 Å². The normalized spacial score (nSPS) is 19.2. The minimum Gasteiger partial charge on any atom is -0.493 e. The molecule has 0 radical (unpaired) electrons. The van der Waals surface area contributed by atoms with E-state index in [4.69, 9.17) is 19.9 Å². The van der Waals surface area contributed by atoms with Gasteiger partial charge in [0.05, 0.1) is 7.11 Å². The largest absolute Gasteiger partial charge is 0.493 e. The van der Waals surface area contributed by atoms with Gasteiger partial charge in [-0.3, -0.25) is 0 Å². The first-order valence-corrected chi connectivity index (χ1v) is 5.57. The van der Waals surface area contributed by atoms with E-state index in [-0.39, 0.29) is 23.8 Å². The Balaban J connectivity index is 2.04. The van der Waals surface area contributed by atoms with Gasteiger partial charge in [-0.2, -0.15) is 4.39 Å². The van der Waals surface area contributed by atoms with Gasteiger partial charge < -0.3 is 19.9 Å². The molecular formula is C12H14FNO3. The zero-order valence-corrected chi connectivity index (χ0v) is 9.59. The lowest BCUT2D eigenvalue weighted by Gasteiger charge is -2.14. The molecule has 0 spiro atoms. The standard InChI is InChI=1S/C12H14FNO3/c1-15-10-7(5-12(14)2-3-12)4-8-11(9(10)13)17-6-16-8/h4H,2-3,5-6,14H2,1H3. The van der Waals surface area contributed by atoms with E-state index in [9.17, 15) is 4.39 Å². The number of hydrogen-bond acceptors (Lipinski definition) is 4.